The molecule has 0 atom stereocenters. The van der Waals surface area contributed by atoms with Crippen LogP contribution in [0.1, 0.15) is 10.4 Å². The molecule has 1 aromatic heterocycles. The van der Waals surface area contributed by atoms with Gasteiger partial charge in [0.25, 0.3) is 0 Å². The monoisotopic (exact) mass is 344 g/mol. The molecule has 0 aliphatic carbocycles. The summed E-state index contributed by atoms with van der Waals surface area (Å²) in [6.07, 6.45) is 0.673. The van der Waals surface area contributed by atoms with Crippen LogP contribution in [0.5, 0.6) is 0 Å². The molecular weight excluding hydrogens is 328 g/mol. The van der Waals surface area contributed by atoms with Crippen molar-refractivity contribution in [1.82, 2.24) is 4.31 Å². The van der Waals surface area contributed by atoms with Gasteiger partial charge in [-0.3, -0.25) is 0 Å². The van der Waals surface area contributed by atoms with Crippen LogP contribution < -0.4 is 5.73 Å². The number of aryl methyl sites for hydroxylation is 1. The molecule has 0 radical (unpaired) electrons. The molecule has 1 heterocycles. The fourth-order valence-corrected chi connectivity index (χ4v) is 4.33. The second-order valence-electron chi connectivity index (χ2n) is 4.80. The van der Waals surface area contributed by atoms with E-state index in [0.717, 1.165) is 10.4 Å². The predicted octanol–water partition coefficient (Wildman–Crippen LogP) is 3.16. The molecule has 7 heteroatoms. The minimum absolute atomic E-state index is 0.0564. The zero-order valence-corrected chi connectivity index (χ0v) is 14.2. The maximum Gasteiger partial charge on any atom is 0.244 e. The number of sulfonamides is 1. The maximum atomic E-state index is 12.6. The van der Waals surface area contributed by atoms with Crippen molar-refractivity contribution >= 4 is 38.6 Å². The van der Waals surface area contributed by atoms with E-state index in [2.05, 4.69) is 0 Å². The van der Waals surface area contributed by atoms with Crippen LogP contribution in [-0.4, -0.2) is 26.3 Å². The van der Waals surface area contributed by atoms with Crippen LogP contribution in [0.4, 0.5) is 5.69 Å². The van der Waals surface area contributed by atoms with Crippen LogP contribution >= 0.6 is 22.9 Å². The summed E-state index contributed by atoms with van der Waals surface area (Å²) in [4.78, 5) is 1.20. The van der Waals surface area contributed by atoms with Crippen molar-refractivity contribution in [2.75, 3.05) is 19.3 Å². The Labute approximate surface area is 134 Å². The van der Waals surface area contributed by atoms with Gasteiger partial charge in [0, 0.05) is 24.2 Å². The lowest BCUT2D eigenvalue weighted by Crippen LogP contribution is -2.29. The molecule has 0 amide bonds. The molecule has 0 unspecified atom stereocenters. The summed E-state index contributed by atoms with van der Waals surface area (Å²) >= 11 is 7.68. The molecule has 21 heavy (non-hydrogen) atoms. The van der Waals surface area contributed by atoms with Gasteiger partial charge in [0.1, 0.15) is 4.90 Å². The third-order valence-electron chi connectivity index (χ3n) is 3.26. The van der Waals surface area contributed by atoms with Gasteiger partial charge in [-0.2, -0.15) is 0 Å². The number of thiophene rings is 1. The van der Waals surface area contributed by atoms with Crippen molar-refractivity contribution < 1.29 is 8.42 Å². The average Bonchev–Trinajstić information content (AvgIpc) is 2.93. The SMILES string of the molecule is Cc1cc(Cl)c(S(=O)(=O)N(C)CCc2cccs2)cc1N. The number of likely N-dealkylation sites (N-methyl/N-ethyl adjacent to an activating group) is 1. The molecule has 0 bridgehead atoms. The van der Waals surface area contributed by atoms with Crippen molar-refractivity contribution in [2.45, 2.75) is 18.2 Å². The molecular formula is C14H17ClN2O2S2. The van der Waals surface area contributed by atoms with Crippen LogP contribution in [-0.2, 0) is 16.4 Å². The number of benzene rings is 1. The Kier molecular flexibility index (Phi) is 4.93. The minimum atomic E-state index is -3.64. The number of nitrogens with two attached hydrogens (primary N) is 1. The molecule has 0 saturated carbocycles. The standard InChI is InChI=1S/C14H17ClN2O2S2/c1-10-8-12(15)14(9-13(10)16)21(18,19)17(2)6-5-11-4-3-7-20-11/h3-4,7-9H,5-6,16H2,1-2H3. The minimum Gasteiger partial charge on any atom is -0.398 e. The van der Waals surface area contributed by atoms with Crippen molar-refractivity contribution in [1.29, 1.82) is 0 Å². The van der Waals surface area contributed by atoms with E-state index in [0.29, 0.717) is 18.7 Å². The third kappa shape index (κ3) is 3.58. The molecule has 2 N–H and O–H groups in total. The van der Waals surface area contributed by atoms with Gasteiger partial charge in [0.05, 0.1) is 5.02 Å². The van der Waals surface area contributed by atoms with Crippen LogP contribution in [0, 0.1) is 6.92 Å². The van der Waals surface area contributed by atoms with Gasteiger partial charge in [0.2, 0.25) is 10.0 Å². The second kappa shape index (κ2) is 6.36. The summed E-state index contributed by atoms with van der Waals surface area (Å²) in [5.41, 5.74) is 6.98. The van der Waals surface area contributed by atoms with E-state index in [1.807, 2.05) is 17.5 Å². The normalized spacial score (nSPS) is 12.0. The first kappa shape index (κ1) is 16.3. The lowest BCUT2D eigenvalue weighted by molar-refractivity contribution is 0.473. The van der Waals surface area contributed by atoms with Crippen molar-refractivity contribution in [3.8, 4) is 0 Å². The van der Waals surface area contributed by atoms with Gasteiger partial charge in [0.15, 0.2) is 0 Å². The Morgan fingerprint density at radius 3 is 2.71 bits per heavy atom. The highest BCUT2D eigenvalue weighted by molar-refractivity contribution is 7.89. The van der Waals surface area contributed by atoms with Crippen LogP contribution in [0.2, 0.25) is 5.02 Å². The molecule has 0 aliphatic rings. The van der Waals surface area contributed by atoms with E-state index in [9.17, 15) is 8.42 Å². The molecule has 0 spiro atoms. The van der Waals surface area contributed by atoms with Crippen LogP contribution in [0.3, 0.4) is 0 Å². The van der Waals surface area contributed by atoms with E-state index in [4.69, 9.17) is 17.3 Å². The zero-order chi connectivity index (χ0) is 15.6. The molecule has 114 valence electrons. The third-order valence-corrected chi connectivity index (χ3v) is 6.52. The highest BCUT2D eigenvalue weighted by atomic mass is 35.5. The number of nitrogen functional groups attached to an aromatic ring is 1. The smallest absolute Gasteiger partial charge is 0.244 e. The van der Waals surface area contributed by atoms with Gasteiger partial charge in [-0.1, -0.05) is 17.7 Å². The van der Waals surface area contributed by atoms with E-state index in [1.165, 1.54) is 10.4 Å². The molecule has 2 rings (SSSR count). The summed E-state index contributed by atoms with van der Waals surface area (Å²) in [5.74, 6) is 0. The summed E-state index contributed by atoms with van der Waals surface area (Å²) < 4.78 is 26.4. The average molecular weight is 345 g/mol. The fourth-order valence-electron chi connectivity index (χ4n) is 1.88. The van der Waals surface area contributed by atoms with Crippen LogP contribution in [0.15, 0.2) is 34.5 Å². The summed E-state index contributed by atoms with van der Waals surface area (Å²) in [7, 11) is -2.09. The van der Waals surface area contributed by atoms with Crippen molar-refractivity contribution in [3.63, 3.8) is 0 Å². The first-order valence-electron chi connectivity index (χ1n) is 6.36. The number of halogens is 1. The van der Waals surface area contributed by atoms with Crippen molar-refractivity contribution in [2.24, 2.45) is 0 Å². The molecule has 4 nitrogen and oxygen atoms in total. The molecule has 2 aromatic rings. The Hall–Kier alpha value is -1.08. The molecule has 0 fully saturated rings. The Balaban J connectivity index is 2.22. The van der Waals surface area contributed by atoms with E-state index >= 15 is 0 Å². The Morgan fingerprint density at radius 1 is 1.38 bits per heavy atom. The zero-order valence-electron chi connectivity index (χ0n) is 11.8. The number of hydrogen-bond donors (Lipinski definition) is 1. The topological polar surface area (TPSA) is 63.4 Å². The quantitative estimate of drug-likeness (QED) is 0.847. The fraction of sp³-hybridized carbons (Fsp3) is 0.286. The van der Waals surface area contributed by atoms with Gasteiger partial charge < -0.3 is 5.73 Å². The molecule has 0 saturated heterocycles. The predicted molar refractivity (Wildman–Crippen MR) is 88.4 cm³/mol. The van der Waals surface area contributed by atoms with Gasteiger partial charge >= 0.3 is 0 Å². The summed E-state index contributed by atoms with van der Waals surface area (Å²) in [6.45, 7) is 2.19. The highest BCUT2D eigenvalue weighted by Gasteiger charge is 2.24. The summed E-state index contributed by atoms with van der Waals surface area (Å²) in [6, 6.07) is 6.94. The lowest BCUT2D eigenvalue weighted by atomic mass is 10.2. The number of rotatable bonds is 5. The lowest BCUT2D eigenvalue weighted by Gasteiger charge is -2.18. The van der Waals surface area contributed by atoms with E-state index in [-0.39, 0.29) is 9.92 Å². The number of nitrogens with zero attached hydrogens (tertiary/aromatic N) is 1. The van der Waals surface area contributed by atoms with Crippen LogP contribution in [0.25, 0.3) is 0 Å². The maximum absolute atomic E-state index is 12.6. The first-order chi connectivity index (χ1) is 9.82. The Morgan fingerprint density at radius 2 is 2.10 bits per heavy atom. The van der Waals surface area contributed by atoms with E-state index < -0.39 is 10.0 Å². The second-order valence-corrected chi connectivity index (χ2v) is 8.25. The van der Waals surface area contributed by atoms with E-state index in [1.54, 1.807) is 31.4 Å². The molecule has 1 aromatic carbocycles. The number of hydrogen-bond acceptors (Lipinski definition) is 4. The molecule has 0 aliphatic heterocycles. The van der Waals surface area contributed by atoms with Crippen molar-refractivity contribution in [3.05, 3.63) is 45.1 Å². The highest BCUT2D eigenvalue weighted by Crippen LogP contribution is 2.28. The number of anilines is 1. The van der Waals surface area contributed by atoms with Gasteiger partial charge in [-0.15, -0.1) is 11.3 Å². The first-order valence-corrected chi connectivity index (χ1v) is 9.06. The van der Waals surface area contributed by atoms with Gasteiger partial charge in [-0.05, 0) is 42.5 Å². The van der Waals surface area contributed by atoms with Gasteiger partial charge in [-0.25, -0.2) is 12.7 Å². The largest absolute Gasteiger partial charge is 0.398 e. The Bertz CT molecular complexity index is 728. The summed E-state index contributed by atoms with van der Waals surface area (Å²) in [5, 5.41) is 2.17.